The number of hydrogen-bond acceptors (Lipinski definition) is 2. The van der Waals surface area contributed by atoms with Gasteiger partial charge in [0.05, 0.1) is 41.4 Å². The fourth-order valence-corrected chi connectivity index (χ4v) is 9.70. The van der Waals surface area contributed by atoms with E-state index in [1.54, 1.807) is 42.6 Å². The number of aromatic nitrogens is 4. The average Bonchev–Trinajstić information content (AvgIpc) is 1.42. The zero-order valence-electron chi connectivity index (χ0n) is 58.8. The van der Waals surface area contributed by atoms with E-state index in [1.807, 2.05) is 67.8 Å². The quantitative estimate of drug-likeness (QED) is 0.123. The predicted molar refractivity (Wildman–Crippen MR) is 298 cm³/mol. The molecule has 5 nitrogen and oxygen atoms in total. The summed E-state index contributed by atoms with van der Waals surface area (Å²) in [6.45, 7) is 12.0. The average molecular weight is 1150 g/mol. The Morgan fingerprint density at radius 2 is 1.14 bits per heavy atom. The largest absolute Gasteiger partial charge is 0.510 e. The maximum atomic E-state index is 9.93. The van der Waals surface area contributed by atoms with E-state index in [0.717, 1.165) is 21.9 Å². The van der Waals surface area contributed by atoms with Crippen molar-refractivity contribution in [3.05, 3.63) is 236 Å². The SMILES string of the molecule is [2H]c1c([2H])c([2H])c(-c2cc3c4c(c2)n(-c2[c-]c(Oc5[c-]c6c(cc5)c5ccccc5n6-c5cc(C(C)(C)C)ccn5)ccc2)[c-][n+]4-c2c(-c4c([2H])c([2H])c([2H])c([2H])c4[2H])cc(C(C)(C)C)cc2-c2c([2H])c([2H])c([2H])c([2H])c2-c2c([2H])c([2H])c([2H])c([2H])c2-3)c([2H])c1[2H].[Pt]. The molecule has 1 aliphatic heterocycles. The number of para-hydroxylation sites is 1. The summed E-state index contributed by atoms with van der Waals surface area (Å²) in [5, 5.41) is 1.83. The molecule has 9 aromatic carbocycles. The van der Waals surface area contributed by atoms with Crippen LogP contribution in [-0.2, 0) is 31.9 Å². The second kappa shape index (κ2) is 18.1. The Morgan fingerprint density at radius 3 is 1.84 bits per heavy atom. The first-order chi connectivity index (χ1) is 42.9. The van der Waals surface area contributed by atoms with E-state index < -0.39 is 120 Å². The summed E-state index contributed by atoms with van der Waals surface area (Å²) in [6, 6.07) is 21.3. The van der Waals surface area contributed by atoms with Crippen molar-refractivity contribution in [3.8, 4) is 84.3 Å². The Balaban J connectivity index is 0.00000816. The summed E-state index contributed by atoms with van der Waals surface area (Å²) in [5.41, 5.74) is -0.0440. The topological polar surface area (TPSA) is 35.9 Å². The molecule has 0 N–H and O–H groups in total. The van der Waals surface area contributed by atoms with Crippen LogP contribution >= 0.6 is 0 Å². The van der Waals surface area contributed by atoms with Crippen LogP contribution in [0.3, 0.4) is 0 Å². The maximum Gasteiger partial charge on any atom is 0.268 e. The third-order valence-corrected chi connectivity index (χ3v) is 13.3. The first-order valence-corrected chi connectivity index (χ1v) is 23.6. The van der Waals surface area contributed by atoms with Gasteiger partial charge in [0.1, 0.15) is 5.82 Å². The van der Waals surface area contributed by atoms with E-state index in [0.29, 0.717) is 16.9 Å². The van der Waals surface area contributed by atoms with Gasteiger partial charge in [0.2, 0.25) is 0 Å². The first kappa shape index (κ1) is 30.8. The van der Waals surface area contributed by atoms with Crippen molar-refractivity contribution in [2.45, 2.75) is 52.4 Å². The monoisotopic (exact) mass is 1150 g/mol. The van der Waals surface area contributed by atoms with Gasteiger partial charge in [-0.1, -0.05) is 192 Å². The van der Waals surface area contributed by atoms with Gasteiger partial charge in [0, 0.05) is 44.3 Å². The third kappa shape index (κ3) is 7.98. The van der Waals surface area contributed by atoms with Gasteiger partial charge in [-0.25, -0.2) is 4.98 Å². The van der Waals surface area contributed by atoms with Crippen molar-refractivity contribution in [1.29, 1.82) is 0 Å². The van der Waals surface area contributed by atoms with Crippen LogP contribution in [-0.4, -0.2) is 14.1 Å². The third-order valence-electron chi connectivity index (χ3n) is 13.3. The second-order valence-corrected chi connectivity index (χ2v) is 19.9. The Labute approximate surface area is 472 Å². The number of benzene rings is 9. The Morgan fingerprint density at radius 1 is 0.514 bits per heavy atom. The van der Waals surface area contributed by atoms with Crippen LogP contribution in [0.25, 0.3) is 106 Å². The van der Waals surface area contributed by atoms with Gasteiger partial charge >= 0.3 is 0 Å². The summed E-state index contributed by atoms with van der Waals surface area (Å²) < 4.78 is 179. The smallest absolute Gasteiger partial charge is 0.268 e. The molecule has 0 aliphatic carbocycles. The standard InChI is InChI=1S/C68H52N4O.Pt/c1-67(2,3)47-34-35-69-64(40-47)72-61-31-18-17-30-56(61)57-33-32-51(42-62(57)72)73-50-25-19-24-49(41-50)70-43-71-65-58(45-22-11-8-12-23-45)38-48(68(4,5)6)39-60(65)55-29-16-14-27-53(55)52-26-13-15-28-54(52)59-36-46(37-63(70)66(59)71)44-20-9-7-10-21-44;/h7-40H,1-6H3;/q-2;/i7D,8D,9D,10D,11D,12D,13D,14D,15D,16D,20D,21D,22D,23D,26D,27D,28D,29D;. The Kier molecular flexibility index (Phi) is 7.55. The maximum absolute atomic E-state index is 9.93. The molecular weight excluding hydrogens is 1080 g/mol. The number of hydrogen-bond donors (Lipinski definition) is 0. The minimum atomic E-state index is -0.851. The molecule has 0 saturated carbocycles. The van der Waals surface area contributed by atoms with Crippen LogP contribution in [0.5, 0.6) is 11.5 Å². The normalized spacial score (nSPS) is 15.5. The second-order valence-electron chi connectivity index (χ2n) is 19.9. The molecule has 0 unspecified atom stereocenters. The van der Waals surface area contributed by atoms with E-state index in [9.17, 15) is 16.4 Å². The molecule has 0 spiro atoms. The van der Waals surface area contributed by atoms with Crippen LogP contribution in [0.4, 0.5) is 0 Å². The molecule has 0 fully saturated rings. The van der Waals surface area contributed by atoms with E-state index in [1.165, 1.54) is 21.3 Å². The molecule has 362 valence electrons. The molecule has 0 bridgehead atoms. The van der Waals surface area contributed by atoms with Gasteiger partial charge in [0.25, 0.3) is 6.33 Å². The zero-order valence-corrected chi connectivity index (χ0v) is 43.0. The molecule has 13 rings (SSSR count). The van der Waals surface area contributed by atoms with Crippen LogP contribution in [0.2, 0.25) is 0 Å². The predicted octanol–water partition coefficient (Wildman–Crippen LogP) is 16.8. The van der Waals surface area contributed by atoms with Crippen LogP contribution in [0.15, 0.2) is 206 Å². The molecule has 0 amide bonds. The van der Waals surface area contributed by atoms with Crippen molar-refractivity contribution >= 4 is 32.8 Å². The number of fused-ring (bicyclic) bond motifs is 10. The van der Waals surface area contributed by atoms with Crippen molar-refractivity contribution in [2.24, 2.45) is 0 Å². The molecular formula is C68H52N4OPt-2. The molecule has 74 heavy (non-hydrogen) atoms. The summed E-state index contributed by atoms with van der Waals surface area (Å²) in [7, 11) is 0. The van der Waals surface area contributed by atoms with Crippen LogP contribution < -0.4 is 9.30 Å². The molecule has 12 aromatic rings. The van der Waals surface area contributed by atoms with Crippen molar-refractivity contribution in [3.63, 3.8) is 0 Å². The molecule has 0 radical (unpaired) electrons. The summed E-state index contributed by atoms with van der Waals surface area (Å²) >= 11 is 0. The van der Waals surface area contributed by atoms with Gasteiger partial charge in [-0.3, -0.25) is 4.57 Å². The Hall–Kier alpha value is -8.11. The van der Waals surface area contributed by atoms with Gasteiger partial charge in [-0.2, -0.15) is 18.2 Å². The molecule has 3 aromatic heterocycles. The summed E-state index contributed by atoms with van der Waals surface area (Å²) in [6.07, 6.45) is 5.21. The fraction of sp³-hybridized carbons (Fsp3) is 0.118. The van der Waals surface area contributed by atoms with E-state index >= 15 is 0 Å². The first-order valence-electron chi connectivity index (χ1n) is 32.6. The van der Waals surface area contributed by atoms with Gasteiger partial charge in [-0.15, -0.1) is 29.7 Å². The van der Waals surface area contributed by atoms with E-state index in [4.69, 9.17) is 17.9 Å². The summed E-state index contributed by atoms with van der Waals surface area (Å²) in [4.78, 5) is 4.82. The molecule has 0 atom stereocenters. The number of rotatable bonds is 6. The van der Waals surface area contributed by atoms with Crippen LogP contribution in [0.1, 0.15) is 77.3 Å². The van der Waals surface area contributed by atoms with Crippen molar-refractivity contribution < 1.29 is 55.0 Å². The van der Waals surface area contributed by atoms with Crippen LogP contribution in [0, 0.1) is 18.5 Å². The minimum Gasteiger partial charge on any atom is -0.510 e. The fourth-order valence-electron chi connectivity index (χ4n) is 9.70. The zero-order chi connectivity index (χ0) is 65.3. The van der Waals surface area contributed by atoms with E-state index in [-0.39, 0.29) is 110 Å². The summed E-state index contributed by atoms with van der Waals surface area (Å²) in [5.74, 6) is 1.09. The number of pyridine rings is 1. The molecule has 0 saturated heterocycles. The Bertz CT molecular complexity index is 5180. The van der Waals surface area contributed by atoms with E-state index in [2.05, 4.69) is 39.2 Å². The minimum absolute atomic E-state index is 0. The molecule has 6 heteroatoms. The molecule has 4 heterocycles. The van der Waals surface area contributed by atoms with Crippen molar-refractivity contribution in [2.75, 3.05) is 0 Å². The van der Waals surface area contributed by atoms with Gasteiger partial charge < -0.3 is 13.9 Å². The van der Waals surface area contributed by atoms with Crippen molar-refractivity contribution in [1.82, 2.24) is 14.1 Å². The number of imidazole rings is 1. The number of nitrogens with zero attached hydrogens (tertiary/aromatic N) is 4. The number of ether oxygens (including phenoxy) is 1. The van der Waals surface area contributed by atoms with Gasteiger partial charge in [0.15, 0.2) is 0 Å². The van der Waals surface area contributed by atoms with Gasteiger partial charge in [-0.05, 0) is 113 Å². The molecule has 1 aliphatic rings.